The number of hydrogen-bond acceptors (Lipinski definition) is 3. The van der Waals surface area contributed by atoms with Crippen molar-refractivity contribution >= 4 is 11.3 Å². The monoisotopic (exact) mass is 294 g/mol. The van der Waals surface area contributed by atoms with E-state index in [9.17, 15) is 0 Å². The Morgan fingerprint density at radius 1 is 1.25 bits per heavy atom. The van der Waals surface area contributed by atoms with Gasteiger partial charge in [0, 0.05) is 30.1 Å². The van der Waals surface area contributed by atoms with Gasteiger partial charge >= 0.3 is 0 Å². The van der Waals surface area contributed by atoms with Crippen molar-refractivity contribution in [3.05, 3.63) is 22.4 Å². The molecule has 1 atom stereocenters. The van der Waals surface area contributed by atoms with Crippen molar-refractivity contribution in [2.75, 3.05) is 6.54 Å². The molecule has 0 spiro atoms. The molecule has 1 fully saturated rings. The van der Waals surface area contributed by atoms with Crippen LogP contribution in [0.1, 0.15) is 57.2 Å². The summed E-state index contributed by atoms with van der Waals surface area (Å²) in [5, 5.41) is 2.18. The fourth-order valence-electron chi connectivity index (χ4n) is 3.56. The number of nitrogens with zero attached hydrogens (tertiary/aromatic N) is 1. The van der Waals surface area contributed by atoms with Gasteiger partial charge in [-0.15, -0.1) is 11.3 Å². The minimum atomic E-state index is 0.551. The second-order valence-electron chi connectivity index (χ2n) is 6.40. The smallest absolute Gasteiger partial charge is 0.0334 e. The molecule has 0 radical (unpaired) electrons. The Balaban J connectivity index is 2.07. The lowest BCUT2D eigenvalue weighted by molar-refractivity contribution is 0.0962. The molecule has 20 heavy (non-hydrogen) atoms. The molecule has 1 aromatic heterocycles. The van der Waals surface area contributed by atoms with E-state index in [0.29, 0.717) is 12.1 Å². The Bertz CT molecular complexity index is 353. The average molecular weight is 295 g/mol. The molecule has 1 saturated carbocycles. The van der Waals surface area contributed by atoms with E-state index in [-0.39, 0.29) is 0 Å². The second-order valence-corrected chi connectivity index (χ2v) is 7.43. The van der Waals surface area contributed by atoms with Crippen molar-refractivity contribution in [1.82, 2.24) is 4.90 Å². The summed E-state index contributed by atoms with van der Waals surface area (Å²) in [5.74, 6) is 0.796. The third-order valence-electron chi connectivity index (χ3n) is 4.69. The van der Waals surface area contributed by atoms with Gasteiger partial charge in [-0.3, -0.25) is 4.90 Å². The zero-order valence-electron chi connectivity index (χ0n) is 13.1. The minimum absolute atomic E-state index is 0.551. The lowest BCUT2D eigenvalue weighted by atomic mass is 9.90. The van der Waals surface area contributed by atoms with Crippen LogP contribution in [0.15, 0.2) is 17.5 Å². The quantitative estimate of drug-likeness (QED) is 0.794. The van der Waals surface area contributed by atoms with Crippen LogP contribution >= 0.6 is 11.3 Å². The highest BCUT2D eigenvalue weighted by atomic mass is 32.1. The van der Waals surface area contributed by atoms with Gasteiger partial charge in [0.25, 0.3) is 0 Å². The van der Waals surface area contributed by atoms with Crippen LogP contribution in [-0.2, 0) is 6.54 Å². The van der Waals surface area contributed by atoms with Crippen LogP contribution in [0.4, 0.5) is 0 Å². The van der Waals surface area contributed by atoms with Crippen LogP contribution in [-0.4, -0.2) is 23.5 Å². The number of rotatable bonds is 6. The highest BCUT2D eigenvalue weighted by Gasteiger charge is 2.28. The molecule has 1 unspecified atom stereocenters. The Morgan fingerprint density at radius 2 is 1.95 bits per heavy atom. The molecule has 114 valence electrons. The zero-order valence-corrected chi connectivity index (χ0v) is 13.9. The van der Waals surface area contributed by atoms with E-state index < -0.39 is 0 Å². The number of hydrogen-bond donors (Lipinski definition) is 1. The topological polar surface area (TPSA) is 29.3 Å². The lowest BCUT2D eigenvalue weighted by Crippen LogP contribution is -2.48. The predicted molar refractivity (Wildman–Crippen MR) is 89.0 cm³/mol. The van der Waals surface area contributed by atoms with Crippen molar-refractivity contribution in [2.24, 2.45) is 11.7 Å². The Hall–Kier alpha value is -0.380. The van der Waals surface area contributed by atoms with Crippen LogP contribution in [0.25, 0.3) is 0 Å². The molecule has 1 heterocycles. The molecule has 0 saturated heterocycles. The molecule has 2 N–H and O–H groups in total. The van der Waals surface area contributed by atoms with Crippen molar-refractivity contribution in [2.45, 2.75) is 71.0 Å². The molecule has 1 aliphatic carbocycles. The molecule has 1 aliphatic rings. The highest BCUT2D eigenvalue weighted by Crippen LogP contribution is 2.30. The van der Waals surface area contributed by atoms with E-state index >= 15 is 0 Å². The van der Waals surface area contributed by atoms with Crippen LogP contribution in [0, 0.1) is 5.92 Å². The van der Waals surface area contributed by atoms with Gasteiger partial charge in [-0.2, -0.15) is 0 Å². The zero-order chi connectivity index (χ0) is 14.4. The van der Waals surface area contributed by atoms with Crippen LogP contribution in [0.3, 0.4) is 0 Å². The van der Waals surface area contributed by atoms with Gasteiger partial charge in [-0.25, -0.2) is 0 Å². The van der Waals surface area contributed by atoms with Gasteiger partial charge in [-0.1, -0.05) is 31.7 Å². The van der Waals surface area contributed by atoms with Crippen LogP contribution in [0.2, 0.25) is 0 Å². The first-order valence-electron chi connectivity index (χ1n) is 8.20. The summed E-state index contributed by atoms with van der Waals surface area (Å²) >= 11 is 1.86. The van der Waals surface area contributed by atoms with Crippen LogP contribution in [0.5, 0.6) is 0 Å². The molecular weight excluding hydrogens is 264 g/mol. The predicted octanol–water partition coefficient (Wildman–Crippen LogP) is 4.26. The summed E-state index contributed by atoms with van der Waals surface area (Å²) in [6.45, 7) is 6.49. The van der Waals surface area contributed by atoms with E-state index in [1.165, 1.54) is 43.4 Å². The molecule has 1 aromatic rings. The van der Waals surface area contributed by atoms with Crippen molar-refractivity contribution < 1.29 is 0 Å². The summed E-state index contributed by atoms with van der Waals surface area (Å²) in [7, 11) is 0. The van der Waals surface area contributed by atoms with E-state index in [0.717, 1.165) is 19.0 Å². The molecular formula is C17H30N2S. The van der Waals surface area contributed by atoms with Crippen molar-refractivity contribution in [3.8, 4) is 0 Å². The van der Waals surface area contributed by atoms with Gasteiger partial charge in [0.15, 0.2) is 0 Å². The summed E-state index contributed by atoms with van der Waals surface area (Å²) in [6.07, 6.45) is 8.37. The van der Waals surface area contributed by atoms with E-state index in [4.69, 9.17) is 5.73 Å². The fourth-order valence-corrected chi connectivity index (χ4v) is 4.27. The lowest BCUT2D eigenvalue weighted by Gasteiger charge is -2.39. The van der Waals surface area contributed by atoms with Gasteiger partial charge in [0.05, 0.1) is 0 Å². The molecule has 2 nitrogen and oxygen atoms in total. The average Bonchev–Trinajstić information content (AvgIpc) is 2.80. The van der Waals surface area contributed by atoms with E-state index in [1.54, 1.807) is 0 Å². The largest absolute Gasteiger partial charge is 0.329 e. The van der Waals surface area contributed by atoms with Crippen molar-refractivity contribution in [3.63, 3.8) is 0 Å². The first-order chi connectivity index (χ1) is 9.72. The Labute approximate surface area is 128 Å². The highest BCUT2D eigenvalue weighted by molar-refractivity contribution is 7.09. The van der Waals surface area contributed by atoms with Gasteiger partial charge in [-0.05, 0) is 44.1 Å². The standard InChI is InChI=1S/C17H30N2S/c1-14(2)19(13-16-10-7-11-20-16)17(12-18)15-8-5-3-4-6-9-15/h7,10-11,14-15,17H,3-6,8-9,12-13,18H2,1-2H3. The summed E-state index contributed by atoms with van der Waals surface area (Å²) in [4.78, 5) is 4.10. The number of thiophene rings is 1. The molecule has 0 aromatic carbocycles. The first-order valence-corrected chi connectivity index (χ1v) is 9.08. The van der Waals surface area contributed by atoms with Gasteiger partial charge in [0.1, 0.15) is 0 Å². The normalized spacial score (nSPS) is 19.4. The molecule has 0 bridgehead atoms. The van der Waals surface area contributed by atoms with Gasteiger partial charge < -0.3 is 5.73 Å². The van der Waals surface area contributed by atoms with E-state index in [1.807, 2.05) is 11.3 Å². The van der Waals surface area contributed by atoms with Crippen molar-refractivity contribution in [1.29, 1.82) is 0 Å². The second kappa shape index (κ2) is 8.16. The minimum Gasteiger partial charge on any atom is -0.329 e. The first kappa shape index (κ1) is 16.0. The summed E-state index contributed by atoms with van der Waals surface area (Å²) in [5.41, 5.74) is 6.18. The van der Waals surface area contributed by atoms with E-state index in [2.05, 4.69) is 36.3 Å². The molecule has 3 heteroatoms. The third-order valence-corrected chi connectivity index (χ3v) is 5.55. The maximum absolute atomic E-state index is 6.18. The Kier molecular flexibility index (Phi) is 6.53. The third kappa shape index (κ3) is 4.31. The summed E-state index contributed by atoms with van der Waals surface area (Å²) in [6, 6.07) is 5.52. The Morgan fingerprint density at radius 3 is 2.45 bits per heavy atom. The van der Waals surface area contributed by atoms with Crippen LogP contribution < -0.4 is 5.73 Å². The number of nitrogens with two attached hydrogens (primary N) is 1. The fraction of sp³-hybridized carbons (Fsp3) is 0.765. The maximum Gasteiger partial charge on any atom is 0.0334 e. The maximum atomic E-state index is 6.18. The molecule has 0 amide bonds. The molecule has 2 rings (SSSR count). The SMILES string of the molecule is CC(C)N(Cc1cccs1)C(CN)C1CCCCCC1. The summed E-state index contributed by atoms with van der Waals surface area (Å²) < 4.78 is 0. The molecule has 0 aliphatic heterocycles. The van der Waals surface area contributed by atoms with Gasteiger partial charge in [0.2, 0.25) is 0 Å².